The van der Waals surface area contributed by atoms with E-state index < -0.39 is 9.84 Å². The van der Waals surface area contributed by atoms with Crippen LogP contribution >= 0.6 is 11.6 Å². The summed E-state index contributed by atoms with van der Waals surface area (Å²) in [7, 11) is -3.50. The molecule has 0 aromatic heterocycles. The molecule has 1 heterocycles. The van der Waals surface area contributed by atoms with Crippen molar-refractivity contribution in [3.8, 4) is 0 Å². The van der Waals surface area contributed by atoms with E-state index >= 15 is 0 Å². The maximum Gasteiger partial charge on any atom is 0.251 e. The number of rotatable bonds is 5. The molecule has 1 aliphatic rings. The third-order valence-corrected chi connectivity index (χ3v) is 5.94. The van der Waals surface area contributed by atoms with E-state index in [9.17, 15) is 13.2 Å². The number of anilines is 1. The molecule has 1 amide bonds. The zero-order chi connectivity index (χ0) is 19.4. The van der Waals surface area contributed by atoms with Crippen molar-refractivity contribution < 1.29 is 17.9 Å². The molecule has 0 spiro atoms. The first-order valence-corrected chi connectivity index (χ1v) is 10.8. The Morgan fingerprint density at radius 3 is 2.44 bits per heavy atom. The van der Waals surface area contributed by atoms with Crippen LogP contribution in [0.1, 0.15) is 15.9 Å². The fraction of sp³-hybridized carbons (Fsp3) is 0.316. The van der Waals surface area contributed by atoms with Crippen molar-refractivity contribution in [2.45, 2.75) is 11.4 Å². The molecule has 0 bridgehead atoms. The van der Waals surface area contributed by atoms with Gasteiger partial charge in [-0.3, -0.25) is 4.79 Å². The summed E-state index contributed by atoms with van der Waals surface area (Å²) in [6, 6.07) is 12.2. The number of morpholine rings is 1. The van der Waals surface area contributed by atoms with Gasteiger partial charge in [-0.25, -0.2) is 8.42 Å². The van der Waals surface area contributed by atoms with Crippen LogP contribution in [0.25, 0.3) is 0 Å². The van der Waals surface area contributed by atoms with Crippen LogP contribution in [0.2, 0.25) is 5.02 Å². The summed E-state index contributed by atoms with van der Waals surface area (Å²) in [6.45, 7) is 3.55. The quantitative estimate of drug-likeness (QED) is 0.822. The average Bonchev–Trinajstić information content (AvgIpc) is 2.66. The molecule has 8 heteroatoms. The molecular formula is C19H21ClN2O4S. The van der Waals surface area contributed by atoms with Crippen LogP contribution in [0, 0.1) is 0 Å². The molecule has 1 saturated heterocycles. The first kappa shape index (κ1) is 19.7. The van der Waals surface area contributed by atoms with Crippen LogP contribution in [0.3, 0.4) is 0 Å². The Morgan fingerprint density at radius 2 is 1.81 bits per heavy atom. The average molecular weight is 409 g/mol. The second kappa shape index (κ2) is 8.29. The minimum absolute atomic E-state index is 0.0494. The molecule has 3 rings (SSSR count). The van der Waals surface area contributed by atoms with Gasteiger partial charge in [0.15, 0.2) is 9.84 Å². The minimum Gasteiger partial charge on any atom is -0.378 e. The minimum atomic E-state index is -3.50. The maximum atomic E-state index is 12.4. The number of hydrogen-bond acceptors (Lipinski definition) is 5. The van der Waals surface area contributed by atoms with E-state index in [1.165, 1.54) is 18.2 Å². The molecule has 0 unspecified atom stereocenters. The predicted octanol–water partition coefficient (Wildman–Crippen LogP) is 2.51. The zero-order valence-electron chi connectivity index (χ0n) is 14.9. The number of halogens is 1. The van der Waals surface area contributed by atoms with Gasteiger partial charge in [0, 0.05) is 37.1 Å². The third-order valence-electron chi connectivity index (χ3n) is 4.36. The molecule has 0 aliphatic carbocycles. The molecule has 144 valence electrons. The smallest absolute Gasteiger partial charge is 0.251 e. The summed E-state index contributed by atoms with van der Waals surface area (Å²) >= 11 is 5.91. The first-order valence-electron chi connectivity index (χ1n) is 8.54. The van der Waals surface area contributed by atoms with E-state index in [2.05, 4.69) is 10.2 Å². The van der Waals surface area contributed by atoms with Gasteiger partial charge < -0.3 is 15.0 Å². The largest absolute Gasteiger partial charge is 0.378 e. The number of nitrogens with one attached hydrogen (secondary N) is 1. The van der Waals surface area contributed by atoms with Crippen LogP contribution in [-0.2, 0) is 21.1 Å². The van der Waals surface area contributed by atoms with Gasteiger partial charge in [0.25, 0.3) is 5.91 Å². The number of amides is 1. The van der Waals surface area contributed by atoms with Gasteiger partial charge in [-0.15, -0.1) is 0 Å². The van der Waals surface area contributed by atoms with Gasteiger partial charge in [0.05, 0.1) is 23.1 Å². The monoisotopic (exact) mass is 408 g/mol. The summed E-state index contributed by atoms with van der Waals surface area (Å²) in [5.74, 6) is -0.353. The zero-order valence-corrected chi connectivity index (χ0v) is 16.5. The van der Waals surface area contributed by atoms with Crippen LogP contribution < -0.4 is 10.2 Å². The van der Waals surface area contributed by atoms with E-state index in [0.717, 1.165) is 43.8 Å². The van der Waals surface area contributed by atoms with E-state index in [-0.39, 0.29) is 21.4 Å². The van der Waals surface area contributed by atoms with Crippen LogP contribution in [0.5, 0.6) is 0 Å². The lowest BCUT2D eigenvalue weighted by molar-refractivity contribution is 0.0950. The molecule has 0 radical (unpaired) electrons. The Morgan fingerprint density at radius 1 is 1.15 bits per heavy atom. The Labute approximate surface area is 164 Å². The molecular weight excluding hydrogens is 388 g/mol. The van der Waals surface area contributed by atoms with Crippen molar-refractivity contribution in [2.75, 3.05) is 37.5 Å². The molecule has 1 N–H and O–H groups in total. The normalized spacial score (nSPS) is 14.8. The van der Waals surface area contributed by atoms with Crippen molar-refractivity contribution in [3.05, 3.63) is 58.6 Å². The number of hydrogen-bond donors (Lipinski definition) is 1. The Hall–Kier alpha value is -2.09. The highest BCUT2D eigenvalue weighted by Crippen LogP contribution is 2.22. The number of benzene rings is 2. The van der Waals surface area contributed by atoms with Crippen LogP contribution in [0.15, 0.2) is 47.4 Å². The van der Waals surface area contributed by atoms with Gasteiger partial charge in [-0.2, -0.15) is 0 Å². The number of carbonyl (C=O) groups excluding carboxylic acids is 1. The van der Waals surface area contributed by atoms with Crippen molar-refractivity contribution in [3.63, 3.8) is 0 Å². The van der Waals surface area contributed by atoms with E-state index in [0.29, 0.717) is 6.54 Å². The molecule has 2 aromatic rings. The highest BCUT2D eigenvalue weighted by molar-refractivity contribution is 7.90. The van der Waals surface area contributed by atoms with Crippen molar-refractivity contribution >= 4 is 33.0 Å². The number of ether oxygens (including phenoxy) is 1. The van der Waals surface area contributed by atoms with Gasteiger partial charge in [-0.05, 0) is 35.9 Å². The van der Waals surface area contributed by atoms with Crippen molar-refractivity contribution in [1.29, 1.82) is 0 Å². The second-order valence-corrected chi connectivity index (χ2v) is 8.76. The Bertz CT molecular complexity index is 923. The Balaban J connectivity index is 1.64. The Kier molecular flexibility index (Phi) is 6.04. The number of carbonyl (C=O) groups is 1. The molecule has 6 nitrogen and oxygen atoms in total. The van der Waals surface area contributed by atoms with Crippen LogP contribution in [-0.4, -0.2) is 46.9 Å². The molecule has 2 aromatic carbocycles. The lowest BCUT2D eigenvalue weighted by Gasteiger charge is -2.28. The first-order chi connectivity index (χ1) is 12.8. The summed E-state index contributed by atoms with van der Waals surface area (Å²) in [5.41, 5.74) is 2.34. The standard InChI is InChI=1S/C19H21ClN2O4S/c1-27(24,25)18-12-15(4-7-17(18)20)19(23)21-13-14-2-5-16(6-3-14)22-8-10-26-11-9-22/h2-7,12H,8-11,13H2,1H3,(H,21,23). The SMILES string of the molecule is CS(=O)(=O)c1cc(C(=O)NCc2ccc(N3CCOCC3)cc2)ccc1Cl. The topological polar surface area (TPSA) is 75.7 Å². The fourth-order valence-corrected chi connectivity index (χ4v) is 4.16. The van der Waals surface area contributed by atoms with Gasteiger partial charge in [-0.1, -0.05) is 23.7 Å². The van der Waals surface area contributed by atoms with Gasteiger partial charge in [0.1, 0.15) is 0 Å². The second-order valence-electron chi connectivity index (χ2n) is 6.37. The summed E-state index contributed by atoms with van der Waals surface area (Å²) in [5, 5.41) is 2.91. The maximum absolute atomic E-state index is 12.4. The molecule has 27 heavy (non-hydrogen) atoms. The molecule has 1 fully saturated rings. The summed E-state index contributed by atoms with van der Waals surface area (Å²) < 4.78 is 28.8. The predicted molar refractivity (Wildman–Crippen MR) is 105 cm³/mol. The summed E-state index contributed by atoms with van der Waals surface area (Å²) in [4.78, 5) is 14.6. The summed E-state index contributed by atoms with van der Waals surface area (Å²) in [6.07, 6.45) is 1.06. The molecule has 0 saturated carbocycles. The van der Waals surface area contributed by atoms with Crippen LogP contribution in [0.4, 0.5) is 5.69 Å². The van der Waals surface area contributed by atoms with E-state index in [1.807, 2.05) is 24.3 Å². The highest BCUT2D eigenvalue weighted by Gasteiger charge is 2.16. The van der Waals surface area contributed by atoms with Crippen molar-refractivity contribution in [1.82, 2.24) is 5.32 Å². The third kappa shape index (κ3) is 5.00. The van der Waals surface area contributed by atoms with E-state index in [4.69, 9.17) is 16.3 Å². The van der Waals surface area contributed by atoms with Crippen molar-refractivity contribution in [2.24, 2.45) is 0 Å². The van der Waals surface area contributed by atoms with E-state index in [1.54, 1.807) is 0 Å². The molecule has 0 atom stereocenters. The number of sulfone groups is 1. The van der Waals surface area contributed by atoms with Gasteiger partial charge in [0.2, 0.25) is 0 Å². The highest BCUT2D eigenvalue weighted by atomic mass is 35.5. The number of nitrogens with zero attached hydrogens (tertiary/aromatic N) is 1. The fourth-order valence-electron chi connectivity index (χ4n) is 2.86. The lowest BCUT2D eigenvalue weighted by Crippen LogP contribution is -2.36. The lowest BCUT2D eigenvalue weighted by atomic mass is 10.1. The van der Waals surface area contributed by atoms with Gasteiger partial charge >= 0.3 is 0 Å². The molecule has 1 aliphatic heterocycles.